The molecule has 0 fully saturated rings. The highest BCUT2D eigenvalue weighted by Crippen LogP contribution is 2.39. The number of hydrogen-bond acceptors (Lipinski definition) is 3. The first-order valence-corrected chi connectivity index (χ1v) is 7.94. The summed E-state index contributed by atoms with van der Waals surface area (Å²) in [6.07, 6.45) is 2.92. The minimum absolute atomic E-state index is 0.264. The highest BCUT2D eigenvalue weighted by atomic mass is 35.5. The summed E-state index contributed by atoms with van der Waals surface area (Å²) in [5.74, 6) is 0.523. The predicted octanol–water partition coefficient (Wildman–Crippen LogP) is 5.21. The van der Waals surface area contributed by atoms with Gasteiger partial charge in [-0.3, -0.25) is 0 Å². The fraction of sp³-hybridized carbons (Fsp3) is 0.105. The highest BCUT2D eigenvalue weighted by Gasteiger charge is 2.25. The maximum absolute atomic E-state index is 6.22. The molecule has 24 heavy (non-hydrogen) atoms. The summed E-state index contributed by atoms with van der Waals surface area (Å²) in [4.78, 5) is 7.67. The number of aromatic amines is 1. The number of methoxy groups -OCH3 is 1. The van der Waals surface area contributed by atoms with Crippen molar-refractivity contribution >= 4 is 22.5 Å². The van der Waals surface area contributed by atoms with Crippen LogP contribution in [0.1, 0.15) is 17.2 Å². The standard InChI is InChI=1S/C19H15ClN2O2/c1-23-18(12-5-3-2-4-6-12)16-14-11-13(20)7-8-15(14)22-17(16)19-21-9-10-24-19/h2-11,18,22H,1H3. The summed E-state index contributed by atoms with van der Waals surface area (Å²) in [6, 6.07) is 15.8. The van der Waals surface area contributed by atoms with Crippen LogP contribution in [0.3, 0.4) is 0 Å². The molecule has 1 unspecified atom stereocenters. The topological polar surface area (TPSA) is 51.1 Å². The second-order valence-corrected chi connectivity index (χ2v) is 5.90. The lowest BCUT2D eigenvalue weighted by molar-refractivity contribution is 0.138. The molecule has 120 valence electrons. The number of H-pyrrole nitrogens is 1. The summed E-state index contributed by atoms with van der Waals surface area (Å²) in [6.45, 7) is 0. The zero-order valence-corrected chi connectivity index (χ0v) is 13.7. The van der Waals surface area contributed by atoms with Crippen molar-refractivity contribution in [2.75, 3.05) is 7.11 Å². The maximum Gasteiger partial charge on any atom is 0.243 e. The molecular formula is C19H15ClN2O2. The van der Waals surface area contributed by atoms with Gasteiger partial charge in [0.25, 0.3) is 0 Å². The van der Waals surface area contributed by atoms with E-state index in [2.05, 4.69) is 9.97 Å². The first-order valence-electron chi connectivity index (χ1n) is 7.56. The van der Waals surface area contributed by atoms with E-state index in [1.54, 1.807) is 19.6 Å². The molecule has 0 saturated carbocycles. The number of halogens is 1. The number of nitrogens with one attached hydrogen (secondary N) is 1. The minimum Gasteiger partial charge on any atom is -0.443 e. The Morgan fingerprint density at radius 3 is 2.71 bits per heavy atom. The van der Waals surface area contributed by atoms with Crippen molar-refractivity contribution < 1.29 is 9.15 Å². The van der Waals surface area contributed by atoms with Crippen LogP contribution < -0.4 is 0 Å². The molecule has 4 nitrogen and oxygen atoms in total. The number of ether oxygens (including phenoxy) is 1. The zero-order valence-electron chi connectivity index (χ0n) is 13.0. The average molecular weight is 339 g/mol. The SMILES string of the molecule is COC(c1ccccc1)c1c(-c2ncco2)[nH]c2ccc(Cl)cc12. The Hall–Kier alpha value is -2.56. The van der Waals surface area contributed by atoms with Crippen LogP contribution in [0.4, 0.5) is 0 Å². The normalized spacial score (nSPS) is 12.6. The van der Waals surface area contributed by atoms with E-state index in [9.17, 15) is 0 Å². The van der Waals surface area contributed by atoms with Crippen LogP contribution in [0.5, 0.6) is 0 Å². The van der Waals surface area contributed by atoms with Crippen LogP contribution in [0.2, 0.25) is 5.02 Å². The summed E-state index contributed by atoms with van der Waals surface area (Å²) in [5, 5.41) is 1.66. The number of aromatic nitrogens is 2. The molecule has 2 aromatic heterocycles. The Morgan fingerprint density at radius 1 is 1.17 bits per heavy atom. The van der Waals surface area contributed by atoms with Crippen LogP contribution >= 0.6 is 11.6 Å². The zero-order chi connectivity index (χ0) is 16.5. The van der Waals surface area contributed by atoms with Crippen molar-refractivity contribution in [3.63, 3.8) is 0 Å². The van der Waals surface area contributed by atoms with E-state index in [-0.39, 0.29) is 6.10 Å². The van der Waals surface area contributed by atoms with Crippen LogP contribution in [0.15, 0.2) is 65.4 Å². The van der Waals surface area contributed by atoms with Gasteiger partial charge in [0, 0.05) is 28.6 Å². The summed E-state index contributed by atoms with van der Waals surface area (Å²) in [7, 11) is 1.69. The monoisotopic (exact) mass is 338 g/mol. The molecule has 0 aliphatic heterocycles. The number of benzene rings is 2. The number of hydrogen-bond donors (Lipinski definition) is 1. The lowest BCUT2D eigenvalue weighted by Crippen LogP contribution is -2.04. The van der Waals surface area contributed by atoms with Gasteiger partial charge in [0.1, 0.15) is 18.1 Å². The Bertz CT molecular complexity index is 962. The smallest absolute Gasteiger partial charge is 0.243 e. The summed E-state index contributed by atoms with van der Waals surface area (Å²) < 4.78 is 11.4. The van der Waals surface area contributed by atoms with E-state index in [1.165, 1.54) is 0 Å². The van der Waals surface area contributed by atoms with Gasteiger partial charge >= 0.3 is 0 Å². The Kier molecular flexibility index (Phi) is 3.84. The molecule has 2 aromatic carbocycles. The molecule has 1 N–H and O–H groups in total. The van der Waals surface area contributed by atoms with Crippen LogP contribution in [0.25, 0.3) is 22.5 Å². The van der Waals surface area contributed by atoms with E-state index < -0.39 is 0 Å². The highest BCUT2D eigenvalue weighted by molar-refractivity contribution is 6.31. The molecule has 0 spiro atoms. The van der Waals surface area contributed by atoms with Crippen molar-refractivity contribution in [3.8, 4) is 11.6 Å². The van der Waals surface area contributed by atoms with Crippen molar-refractivity contribution in [1.29, 1.82) is 0 Å². The molecule has 2 heterocycles. The van der Waals surface area contributed by atoms with Crippen molar-refractivity contribution in [2.45, 2.75) is 6.10 Å². The number of nitrogens with zero attached hydrogens (tertiary/aromatic N) is 1. The van der Waals surface area contributed by atoms with Gasteiger partial charge in [-0.1, -0.05) is 41.9 Å². The molecule has 0 saturated heterocycles. The Labute approximate surface area is 144 Å². The van der Waals surface area contributed by atoms with Crippen LogP contribution in [-0.4, -0.2) is 17.1 Å². The molecule has 0 bridgehead atoms. The maximum atomic E-state index is 6.22. The van der Waals surface area contributed by atoms with E-state index >= 15 is 0 Å². The van der Waals surface area contributed by atoms with E-state index in [1.807, 2.05) is 48.5 Å². The second-order valence-electron chi connectivity index (χ2n) is 5.47. The third-order valence-corrected chi connectivity index (χ3v) is 4.28. The van der Waals surface area contributed by atoms with E-state index in [0.717, 1.165) is 27.7 Å². The second kappa shape index (κ2) is 6.15. The van der Waals surface area contributed by atoms with Crippen LogP contribution in [0, 0.1) is 0 Å². The summed E-state index contributed by atoms with van der Waals surface area (Å²) in [5.41, 5.74) is 3.77. The van der Waals surface area contributed by atoms with Gasteiger partial charge in [-0.25, -0.2) is 4.98 Å². The van der Waals surface area contributed by atoms with Crippen LogP contribution in [-0.2, 0) is 4.74 Å². The van der Waals surface area contributed by atoms with E-state index in [4.69, 9.17) is 20.8 Å². The first-order chi connectivity index (χ1) is 11.8. The van der Waals surface area contributed by atoms with Gasteiger partial charge in [-0.05, 0) is 23.8 Å². The Morgan fingerprint density at radius 2 is 2.00 bits per heavy atom. The third-order valence-electron chi connectivity index (χ3n) is 4.05. The van der Waals surface area contributed by atoms with Crippen molar-refractivity contribution in [3.05, 3.63) is 77.1 Å². The van der Waals surface area contributed by atoms with Crippen molar-refractivity contribution in [1.82, 2.24) is 9.97 Å². The van der Waals surface area contributed by atoms with Crippen molar-refractivity contribution in [2.24, 2.45) is 0 Å². The van der Waals surface area contributed by atoms with Gasteiger partial charge < -0.3 is 14.1 Å². The fourth-order valence-corrected chi connectivity index (χ4v) is 3.19. The molecule has 1 atom stereocenters. The quantitative estimate of drug-likeness (QED) is 0.555. The molecule has 4 rings (SSSR count). The fourth-order valence-electron chi connectivity index (χ4n) is 3.02. The van der Waals surface area contributed by atoms with Gasteiger partial charge in [0.05, 0.1) is 6.20 Å². The minimum atomic E-state index is -0.264. The number of oxazole rings is 1. The van der Waals surface area contributed by atoms with E-state index in [0.29, 0.717) is 10.9 Å². The molecule has 0 aliphatic carbocycles. The summed E-state index contributed by atoms with van der Waals surface area (Å²) >= 11 is 6.22. The molecule has 0 aliphatic rings. The Balaban J connectivity index is 2.01. The first kappa shape index (κ1) is 15.0. The number of fused-ring (bicyclic) bond motifs is 1. The molecular weight excluding hydrogens is 324 g/mol. The largest absolute Gasteiger partial charge is 0.443 e. The lowest BCUT2D eigenvalue weighted by Gasteiger charge is -2.17. The molecule has 0 amide bonds. The molecule has 4 aromatic rings. The number of rotatable bonds is 4. The van der Waals surface area contributed by atoms with Gasteiger partial charge in [0.2, 0.25) is 5.89 Å². The third kappa shape index (κ3) is 2.50. The predicted molar refractivity (Wildman–Crippen MR) is 94.1 cm³/mol. The van der Waals surface area contributed by atoms with Gasteiger partial charge in [0.15, 0.2) is 0 Å². The van der Waals surface area contributed by atoms with Gasteiger partial charge in [-0.15, -0.1) is 0 Å². The lowest BCUT2D eigenvalue weighted by atomic mass is 9.98. The van der Waals surface area contributed by atoms with Gasteiger partial charge in [-0.2, -0.15) is 0 Å². The molecule has 5 heteroatoms. The molecule has 0 radical (unpaired) electrons. The average Bonchev–Trinajstić information content (AvgIpc) is 3.25.